The Kier molecular flexibility index (Phi) is 6.60. The van der Waals surface area contributed by atoms with Gasteiger partial charge in [-0.1, -0.05) is 57.0 Å². The second-order valence-electron chi connectivity index (χ2n) is 10.3. The molecule has 4 heterocycles. The first-order chi connectivity index (χ1) is 16.1. The Morgan fingerprint density at radius 3 is 2.73 bits per heavy atom. The maximum atomic E-state index is 14.3. The molecule has 3 aliphatic heterocycles. The van der Waals surface area contributed by atoms with Crippen molar-refractivity contribution in [1.29, 1.82) is 0 Å². The van der Waals surface area contributed by atoms with Gasteiger partial charge in [0.2, 0.25) is 5.91 Å². The van der Waals surface area contributed by atoms with E-state index < -0.39 is 0 Å². The lowest BCUT2D eigenvalue weighted by atomic mass is 9.72. The van der Waals surface area contributed by atoms with E-state index in [1.54, 1.807) is 11.3 Å². The van der Waals surface area contributed by atoms with Crippen LogP contribution in [0, 0.1) is 18.8 Å². The molecule has 1 amide bonds. The Labute approximate surface area is 202 Å². The zero-order valence-corrected chi connectivity index (χ0v) is 21.1. The molecule has 33 heavy (non-hydrogen) atoms. The Morgan fingerprint density at radius 2 is 1.97 bits per heavy atom. The monoisotopic (exact) mass is 466 g/mol. The van der Waals surface area contributed by atoms with E-state index in [2.05, 4.69) is 66.6 Å². The van der Waals surface area contributed by atoms with Crippen LogP contribution in [0.4, 0.5) is 0 Å². The molecule has 2 saturated heterocycles. The van der Waals surface area contributed by atoms with Crippen LogP contribution in [0.15, 0.2) is 30.3 Å². The third-order valence-corrected chi connectivity index (χ3v) is 9.77. The van der Waals surface area contributed by atoms with Gasteiger partial charge in [0.1, 0.15) is 0 Å². The summed E-state index contributed by atoms with van der Waals surface area (Å²) in [6.45, 7) is 10.9. The van der Waals surface area contributed by atoms with Gasteiger partial charge in [0.05, 0.1) is 16.6 Å². The normalized spacial score (nSPS) is 29.6. The molecule has 5 rings (SSSR count). The van der Waals surface area contributed by atoms with Crippen LogP contribution in [0.3, 0.4) is 0 Å². The SMILES string of the molecule is CCC(CC)C1CC(c2ccccc2)CCN1C(=O)C1CNCC12CNCc1nc(C)sc12. The van der Waals surface area contributed by atoms with Crippen LogP contribution >= 0.6 is 11.3 Å². The predicted octanol–water partition coefficient (Wildman–Crippen LogP) is 4.22. The average Bonchev–Trinajstić information content (AvgIpc) is 3.44. The molecule has 5 nitrogen and oxygen atoms in total. The Bertz CT molecular complexity index is 972. The molecular formula is C27H38N4OS. The van der Waals surface area contributed by atoms with Gasteiger partial charge in [-0.3, -0.25) is 4.79 Å². The summed E-state index contributed by atoms with van der Waals surface area (Å²) in [6.07, 6.45) is 4.39. The number of hydrogen-bond donors (Lipinski definition) is 2. The molecule has 4 unspecified atom stereocenters. The number of aromatic nitrogens is 1. The van der Waals surface area contributed by atoms with Crippen molar-refractivity contribution in [2.45, 2.75) is 70.4 Å². The van der Waals surface area contributed by atoms with Crippen molar-refractivity contribution in [3.8, 4) is 0 Å². The number of amides is 1. The van der Waals surface area contributed by atoms with Gasteiger partial charge in [-0.15, -0.1) is 11.3 Å². The minimum absolute atomic E-state index is 0.0194. The average molecular weight is 467 g/mol. The molecule has 3 aliphatic rings. The number of thiazole rings is 1. The molecule has 6 heteroatoms. The van der Waals surface area contributed by atoms with Crippen LogP contribution in [0.25, 0.3) is 0 Å². The van der Waals surface area contributed by atoms with Crippen LogP contribution in [0.2, 0.25) is 0 Å². The first-order valence-electron chi connectivity index (χ1n) is 12.8. The summed E-state index contributed by atoms with van der Waals surface area (Å²) in [4.78, 5) is 22.8. The number of aryl methyl sites for hydroxylation is 1. The maximum Gasteiger partial charge on any atom is 0.228 e. The Morgan fingerprint density at radius 1 is 1.21 bits per heavy atom. The quantitative estimate of drug-likeness (QED) is 0.693. The van der Waals surface area contributed by atoms with Crippen LogP contribution in [0.1, 0.15) is 66.6 Å². The van der Waals surface area contributed by atoms with Crippen LogP contribution in [-0.4, -0.2) is 48.0 Å². The van der Waals surface area contributed by atoms with E-state index in [1.807, 2.05) is 0 Å². The number of piperidine rings is 1. The summed E-state index contributed by atoms with van der Waals surface area (Å²) >= 11 is 1.81. The number of benzene rings is 1. The lowest BCUT2D eigenvalue weighted by molar-refractivity contribution is -0.142. The second kappa shape index (κ2) is 9.47. The van der Waals surface area contributed by atoms with Crippen LogP contribution in [0.5, 0.6) is 0 Å². The summed E-state index contributed by atoms with van der Waals surface area (Å²) in [5, 5.41) is 8.31. The fourth-order valence-corrected chi connectivity index (χ4v) is 7.92. The minimum Gasteiger partial charge on any atom is -0.339 e. The highest BCUT2D eigenvalue weighted by Crippen LogP contribution is 2.45. The van der Waals surface area contributed by atoms with Crippen molar-refractivity contribution in [3.05, 3.63) is 51.5 Å². The number of nitrogens with zero attached hydrogens (tertiary/aromatic N) is 2. The van der Waals surface area contributed by atoms with Crippen LogP contribution < -0.4 is 10.6 Å². The number of hydrogen-bond acceptors (Lipinski definition) is 5. The lowest BCUT2D eigenvalue weighted by Crippen LogP contribution is -2.57. The van der Waals surface area contributed by atoms with Crippen molar-refractivity contribution >= 4 is 17.2 Å². The lowest BCUT2D eigenvalue weighted by Gasteiger charge is -2.46. The van der Waals surface area contributed by atoms with E-state index in [0.29, 0.717) is 23.8 Å². The molecule has 1 aromatic carbocycles. The van der Waals surface area contributed by atoms with Gasteiger partial charge in [0.15, 0.2) is 0 Å². The van der Waals surface area contributed by atoms with E-state index in [0.717, 1.165) is 69.1 Å². The number of rotatable bonds is 5. The van der Waals surface area contributed by atoms with Gasteiger partial charge in [0.25, 0.3) is 0 Å². The van der Waals surface area contributed by atoms with E-state index in [-0.39, 0.29) is 11.3 Å². The summed E-state index contributed by atoms with van der Waals surface area (Å²) in [5.74, 6) is 1.44. The molecule has 2 aromatic rings. The fraction of sp³-hybridized carbons (Fsp3) is 0.630. The third-order valence-electron chi connectivity index (χ3n) is 8.54. The minimum atomic E-state index is -0.161. The molecule has 0 saturated carbocycles. The largest absolute Gasteiger partial charge is 0.339 e. The second-order valence-corrected chi connectivity index (χ2v) is 11.5. The van der Waals surface area contributed by atoms with Crippen molar-refractivity contribution < 1.29 is 4.79 Å². The standard InChI is InChI=1S/C27H38N4OS/c1-4-19(5-2)24-13-21(20-9-7-6-8-10-20)11-12-31(24)26(32)22-14-28-16-27(22)17-29-15-23-25(27)33-18(3)30-23/h6-10,19,21-22,24,28-29H,4-5,11-17H2,1-3H3. The molecule has 178 valence electrons. The van der Waals surface area contributed by atoms with Crippen molar-refractivity contribution in [3.63, 3.8) is 0 Å². The molecule has 2 N–H and O–H groups in total. The van der Waals surface area contributed by atoms with E-state index in [9.17, 15) is 4.79 Å². The molecule has 1 spiro atoms. The number of nitrogens with one attached hydrogen (secondary N) is 2. The Hall–Kier alpha value is -1.76. The molecule has 0 radical (unpaired) electrons. The topological polar surface area (TPSA) is 57.3 Å². The van der Waals surface area contributed by atoms with E-state index in [4.69, 9.17) is 4.98 Å². The van der Waals surface area contributed by atoms with Gasteiger partial charge in [0, 0.05) is 49.1 Å². The molecule has 0 bridgehead atoms. The molecule has 4 atom stereocenters. The van der Waals surface area contributed by atoms with Gasteiger partial charge in [-0.2, -0.15) is 0 Å². The molecule has 1 aromatic heterocycles. The zero-order chi connectivity index (χ0) is 23.0. The first kappa shape index (κ1) is 23.0. The van der Waals surface area contributed by atoms with Gasteiger partial charge in [-0.05, 0) is 37.2 Å². The smallest absolute Gasteiger partial charge is 0.228 e. The summed E-state index contributed by atoms with van der Waals surface area (Å²) in [5.41, 5.74) is 2.43. The van der Waals surface area contributed by atoms with Crippen LogP contribution in [-0.2, 0) is 16.8 Å². The highest BCUT2D eigenvalue weighted by molar-refractivity contribution is 7.11. The molecular weight excluding hydrogens is 428 g/mol. The van der Waals surface area contributed by atoms with Gasteiger partial charge in [-0.25, -0.2) is 4.98 Å². The van der Waals surface area contributed by atoms with E-state index >= 15 is 0 Å². The van der Waals surface area contributed by atoms with E-state index in [1.165, 1.54) is 10.4 Å². The first-order valence-corrected chi connectivity index (χ1v) is 13.6. The number of carbonyl (C=O) groups excluding carboxylic acids is 1. The van der Waals surface area contributed by atoms with Gasteiger partial charge < -0.3 is 15.5 Å². The summed E-state index contributed by atoms with van der Waals surface area (Å²) in [6, 6.07) is 11.3. The highest BCUT2D eigenvalue weighted by atomic mass is 32.1. The Balaban J connectivity index is 1.44. The van der Waals surface area contributed by atoms with Crippen molar-refractivity contribution in [2.75, 3.05) is 26.2 Å². The summed E-state index contributed by atoms with van der Waals surface area (Å²) in [7, 11) is 0. The molecule has 0 aliphatic carbocycles. The molecule has 2 fully saturated rings. The summed E-state index contributed by atoms with van der Waals surface area (Å²) < 4.78 is 0. The predicted molar refractivity (Wildman–Crippen MR) is 135 cm³/mol. The third kappa shape index (κ3) is 4.04. The fourth-order valence-electron chi connectivity index (χ4n) is 6.75. The van der Waals surface area contributed by atoms with Crippen molar-refractivity contribution in [2.24, 2.45) is 11.8 Å². The highest BCUT2D eigenvalue weighted by Gasteiger charge is 2.53. The maximum absolute atomic E-state index is 14.3. The number of likely N-dealkylation sites (tertiary alicyclic amines) is 1. The number of fused-ring (bicyclic) bond motifs is 2. The zero-order valence-electron chi connectivity index (χ0n) is 20.3. The number of carbonyl (C=O) groups is 1. The van der Waals surface area contributed by atoms with Gasteiger partial charge >= 0.3 is 0 Å². The van der Waals surface area contributed by atoms with Crippen molar-refractivity contribution in [1.82, 2.24) is 20.5 Å².